The zero-order valence-corrected chi connectivity index (χ0v) is 16.5. The van der Waals surface area contributed by atoms with Gasteiger partial charge in [-0.25, -0.2) is 15.0 Å². The number of rotatable bonds is 6. The summed E-state index contributed by atoms with van der Waals surface area (Å²) < 4.78 is 1.09. The van der Waals surface area contributed by atoms with E-state index >= 15 is 0 Å². The van der Waals surface area contributed by atoms with E-state index in [1.54, 1.807) is 17.7 Å². The van der Waals surface area contributed by atoms with Crippen LogP contribution in [0, 0.1) is 5.92 Å². The molecule has 0 aromatic carbocycles. The van der Waals surface area contributed by atoms with Crippen molar-refractivity contribution in [3.05, 3.63) is 24.7 Å². The summed E-state index contributed by atoms with van der Waals surface area (Å²) in [5, 5.41) is 4.19. The molecule has 1 aliphatic heterocycles. The zero-order valence-electron chi connectivity index (χ0n) is 15.6. The van der Waals surface area contributed by atoms with Crippen LogP contribution in [-0.2, 0) is 4.79 Å². The van der Waals surface area contributed by atoms with Gasteiger partial charge in [-0.05, 0) is 31.4 Å². The monoisotopic (exact) mass is 383 g/mol. The molecule has 1 amide bonds. The van der Waals surface area contributed by atoms with Crippen LogP contribution in [0.4, 0.5) is 5.82 Å². The molecule has 0 spiro atoms. The lowest BCUT2D eigenvalue weighted by atomic mass is 9.96. The first kappa shape index (κ1) is 18.1. The molecule has 27 heavy (non-hydrogen) atoms. The number of hydrogen-bond acceptors (Lipinski definition) is 6. The average Bonchev–Trinajstić information content (AvgIpc) is 3.10. The van der Waals surface area contributed by atoms with Crippen LogP contribution in [0.25, 0.3) is 20.4 Å². The lowest BCUT2D eigenvalue weighted by Gasteiger charge is -2.32. The number of hydrogen-bond donors (Lipinski definition) is 1. The van der Waals surface area contributed by atoms with Crippen molar-refractivity contribution in [3.8, 4) is 0 Å². The molecule has 0 saturated carbocycles. The van der Waals surface area contributed by atoms with Crippen LogP contribution in [0.2, 0.25) is 0 Å². The number of anilines is 1. The van der Waals surface area contributed by atoms with E-state index in [0.717, 1.165) is 65.1 Å². The number of nitrogens with one attached hydrogen (secondary N) is 1. The van der Waals surface area contributed by atoms with Crippen molar-refractivity contribution in [3.63, 3.8) is 0 Å². The first-order valence-electron chi connectivity index (χ1n) is 9.79. The Bertz CT molecular complexity index is 932. The Labute approximate surface area is 163 Å². The van der Waals surface area contributed by atoms with Crippen molar-refractivity contribution in [1.82, 2.24) is 20.3 Å². The van der Waals surface area contributed by atoms with Gasteiger partial charge in [0, 0.05) is 37.1 Å². The smallest absolute Gasteiger partial charge is 0.223 e. The highest BCUT2D eigenvalue weighted by Crippen LogP contribution is 2.37. The molecule has 1 aliphatic rings. The second-order valence-corrected chi connectivity index (χ2v) is 8.09. The Kier molecular flexibility index (Phi) is 5.48. The van der Waals surface area contributed by atoms with Crippen molar-refractivity contribution in [2.45, 2.75) is 39.0 Å². The van der Waals surface area contributed by atoms with Gasteiger partial charge in [-0.2, -0.15) is 0 Å². The number of nitrogens with zero attached hydrogens (tertiary/aromatic N) is 4. The van der Waals surface area contributed by atoms with Crippen LogP contribution in [0.5, 0.6) is 0 Å². The average molecular weight is 384 g/mol. The van der Waals surface area contributed by atoms with Crippen molar-refractivity contribution >= 4 is 43.5 Å². The van der Waals surface area contributed by atoms with Crippen LogP contribution in [0.1, 0.15) is 39.0 Å². The fourth-order valence-corrected chi connectivity index (χ4v) is 4.82. The molecule has 3 aromatic rings. The Morgan fingerprint density at radius 1 is 1.26 bits per heavy atom. The molecule has 1 saturated heterocycles. The lowest BCUT2D eigenvalue weighted by molar-refractivity contribution is -0.125. The predicted octanol–water partition coefficient (Wildman–Crippen LogP) is 3.76. The minimum atomic E-state index is 0.115. The topological polar surface area (TPSA) is 71.0 Å². The maximum atomic E-state index is 12.4. The Morgan fingerprint density at radius 3 is 2.93 bits per heavy atom. The number of unbranched alkanes of at least 4 members (excludes halogenated alkanes) is 2. The number of carbonyl (C=O) groups excluding carboxylic acids is 1. The molecule has 0 unspecified atom stereocenters. The van der Waals surface area contributed by atoms with E-state index in [1.165, 1.54) is 12.8 Å². The van der Waals surface area contributed by atoms with E-state index in [1.807, 2.05) is 12.3 Å². The van der Waals surface area contributed by atoms with Gasteiger partial charge in [0.2, 0.25) is 5.91 Å². The van der Waals surface area contributed by atoms with Crippen molar-refractivity contribution in [1.29, 1.82) is 0 Å². The summed E-state index contributed by atoms with van der Waals surface area (Å²) in [6, 6.07) is 4.01. The van der Waals surface area contributed by atoms with E-state index in [0.29, 0.717) is 0 Å². The van der Waals surface area contributed by atoms with E-state index in [-0.39, 0.29) is 11.8 Å². The number of thiophene rings is 1. The summed E-state index contributed by atoms with van der Waals surface area (Å²) in [6.45, 7) is 4.67. The van der Waals surface area contributed by atoms with Gasteiger partial charge in [-0.1, -0.05) is 19.8 Å². The Balaban J connectivity index is 1.45. The first-order valence-corrected chi connectivity index (χ1v) is 10.6. The Morgan fingerprint density at radius 2 is 2.11 bits per heavy atom. The van der Waals surface area contributed by atoms with Gasteiger partial charge in [0.05, 0.1) is 10.2 Å². The molecule has 1 N–H and O–H groups in total. The fourth-order valence-electron chi connectivity index (χ4n) is 3.71. The minimum Gasteiger partial charge on any atom is -0.356 e. The fraction of sp³-hybridized carbons (Fsp3) is 0.500. The third-order valence-electron chi connectivity index (χ3n) is 5.25. The number of fused-ring (bicyclic) bond motifs is 3. The quantitative estimate of drug-likeness (QED) is 0.656. The van der Waals surface area contributed by atoms with Gasteiger partial charge in [0.1, 0.15) is 17.0 Å². The SMILES string of the molecule is CCCCCNC(=O)C1CCN(c2ncnc3c2sc2ncccc23)CC1. The van der Waals surface area contributed by atoms with Crippen molar-refractivity contribution < 1.29 is 4.79 Å². The molecule has 1 fully saturated rings. The summed E-state index contributed by atoms with van der Waals surface area (Å²) in [4.78, 5) is 29.2. The minimum absolute atomic E-state index is 0.115. The molecule has 4 heterocycles. The van der Waals surface area contributed by atoms with E-state index < -0.39 is 0 Å². The van der Waals surface area contributed by atoms with Crippen molar-refractivity contribution in [2.75, 3.05) is 24.5 Å². The summed E-state index contributed by atoms with van der Waals surface area (Å²) in [5.41, 5.74) is 0.976. The van der Waals surface area contributed by atoms with Crippen LogP contribution in [-0.4, -0.2) is 40.5 Å². The van der Waals surface area contributed by atoms with E-state index in [9.17, 15) is 4.79 Å². The second-order valence-electron chi connectivity index (χ2n) is 7.09. The molecule has 7 heteroatoms. The van der Waals surface area contributed by atoms with Crippen molar-refractivity contribution in [2.24, 2.45) is 5.92 Å². The molecular weight excluding hydrogens is 358 g/mol. The molecule has 0 atom stereocenters. The van der Waals surface area contributed by atoms with Gasteiger partial charge in [0.25, 0.3) is 0 Å². The number of aromatic nitrogens is 3. The van der Waals surface area contributed by atoms with Gasteiger partial charge in [0.15, 0.2) is 0 Å². The maximum absolute atomic E-state index is 12.4. The first-order chi connectivity index (χ1) is 13.3. The molecule has 3 aromatic heterocycles. The normalized spacial score (nSPS) is 15.5. The lowest BCUT2D eigenvalue weighted by Crippen LogP contribution is -2.41. The highest BCUT2D eigenvalue weighted by molar-refractivity contribution is 7.25. The highest BCUT2D eigenvalue weighted by atomic mass is 32.1. The maximum Gasteiger partial charge on any atom is 0.223 e. The van der Waals surface area contributed by atoms with Gasteiger partial charge in [-0.3, -0.25) is 4.79 Å². The molecule has 4 rings (SSSR count). The second kappa shape index (κ2) is 8.17. The summed E-state index contributed by atoms with van der Waals surface area (Å²) in [7, 11) is 0. The highest BCUT2D eigenvalue weighted by Gasteiger charge is 2.27. The van der Waals surface area contributed by atoms with Gasteiger partial charge >= 0.3 is 0 Å². The zero-order chi connectivity index (χ0) is 18.6. The number of amides is 1. The summed E-state index contributed by atoms with van der Waals surface area (Å²) in [5.74, 6) is 1.30. The molecule has 0 bridgehead atoms. The number of pyridine rings is 1. The van der Waals surface area contributed by atoms with Crippen LogP contribution in [0.3, 0.4) is 0 Å². The van der Waals surface area contributed by atoms with Crippen LogP contribution < -0.4 is 10.2 Å². The summed E-state index contributed by atoms with van der Waals surface area (Å²) in [6.07, 6.45) is 8.61. The van der Waals surface area contributed by atoms with Crippen LogP contribution >= 0.6 is 11.3 Å². The molecule has 142 valence electrons. The predicted molar refractivity (Wildman–Crippen MR) is 110 cm³/mol. The number of piperidine rings is 1. The third kappa shape index (κ3) is 3.74. The van der Waals surface area contributed by atoms with E-state index in [2.05, 4.69) is 38.2 Å². The molecular formula is C20H25N5OS. The third-order valence-corrected chi connectivity index (χ3v) is 6.35. The van der Waals surface area contributed by atoms with Gasteiger partial charge in [-0.15, -0.1) is 11.3 Å². The molecule has 0 radical (unpaired) electrons. The summed E-state index contributed by atoms with van der Waals surface area (Å²) >= 11 is 1.65. The van der Waals surface area contributed by atoms with E-state index in [4.69, 9.17) is 0 Å². The standard InChI is InChI=1S/C20H25N5OS/c1-2-3-4-9-21-19(26)14-7-11-25(12-8-14)18-17-16(23-13-24-18)15-6-5-10-22-20(15)27-17/h5-6,10,13-14H,2-4,7-9,11-12H2,1H3,(H,21,26). The molecule has 0 aliphatic carbocycles. The molecule has 6 nitrogen and oxygen atoms in total. The van der Waals surface area contributed by atoms with Gasteiger partial charge < -0.3 is 10.2 Å². The number of carbonyl (C=O) groups is 1. The largest absolute Gasteiger partial charge is 0.356 e. The Hall–Kier alpha value is -2.28. The van der Waals surface area contributed by atoms with Crippen LogP contribution in [0.15, 0.2) is 24.7 Å².